The maximum atomic E-state index is 12.2. The van der Waals surface area contributed by atoms with Crippen LogP contribution in [0.2, 0.25) is 10.0 Å². The molecule has 5 nitrogen and oxygen atoms in total. The number of benzene rings is 2. The number of halogens is 2. The van der Waals surface area contributed by atoms with Gasteiger partial charge >= 0.3 is 5.76 Å². The van der Waals surface area contributed by atoms with Gasteiger partial charge in [-0.25, -0.2) is 4.79 Å². The zero-order chi connectivity index (χ0) is 15.0. The predicted molar refractivity (Wildman–Crippen MR) is 81.2 cm³/mol. The minimum absolute atomic E-state index is 0.262. The molecule has 0 aliphatic carbocycles. The number of anilines is 1. The van der Waals surface area contributed by atoms with Gasteiger partial charge in [0.05, 0.1) is 16.1 Å². The van der Waals surface area contributed by atoms with E-state index < -0.39 is 5.76 Å². The third-order valence-electron chi connectivity index (χ3n) is 2.85. The highest BCUT2D eigenvalue weighted by Gasteiger charge is 2.11. The van der Waals surface area contributed by atoms with Crippen LogP contribution in [0.1, 0.15) is 10.4 Å². The number of aromatic nitrogens is 1. The first-order chi connectivity index (χ1) is 10.0. The van der Waals surface area contributed by atoms with Crippen molar-refractivity contribution in [2.45, 2.75) is 0 Å². The maximum Gasteiger partial charge on any atom is 0.417 e. The number of amides is 1. The molecule has 0 saturated carbocycles. The van der Waals surface area contributed by atoms with Gasteiger partial charge in [-0.15, -0.1) is 0 Å². The Morgan fingerprint density at radius 3 is 2.71 bits per heavy atom. The summed E-state index contributed by atoms with van der Waals surface area (Å²) in [6.45, 7) is 0. The van der Waals surface area contributed by atoms with Crippen LogP contribution in [0, 0.1) is 0 Å². The van der Waals surface area contributed by atoms with E-state index in [4.69, 9.17) is 27.6 Å². The average Bonchev–Trinajstić information content (AvgIpc) is 2.77. The van der Waals surface area contributed by atoms with Gasteiger partial charge in [0.2, 0.25) is 0 Å². The lowest BCUT2D eigenvalue weighted by Gasteiger charge is -2.07. The van der Waals surface area contributed by atoms with Gasteiger partial charge in [0.1, 0.15) is 0 Å². The van der Waals surface area contributed by atoms with E-state index in [0.717, 1.165) is 0 Å². The highest BCUT2D eigenvalue weighted by Crippen LogP contribution is 2.23. The number of hydrogen-bond acceptors (Lipinski definition) is 3. The molecule has 0 aliphatic rings. The normalized spacial score (nSPS) is 10.8. The Balaban J connectivity index is 1.90. The molecule has 2 aromatic carbocycles. The standard InChI is InChI=1S/C14H8Cl2N2O3/c15-7-1-3-9(10(16)5-7)13(19)17-8-2-4-12-11(6-8)18-14(20)21-12/h1-6H,(H,17,19)(H,18,20). The number of H-pyrrole nitrogens is 1. The van der Waals surface area contributed by atoms with Gasteiger partial charge in [-0.2, -0.15) is 0 Å². The lowest BCUT2D eigenvalue weighted by molar-refractivity contribution is 0.102. The Bertz CT molecular complexity index is 899. The van der Waals surface area contributed by atoms with Crippen molar-refractivity contribution in [1.29, 1.82) is 0 Å². The number of rotatable bonds is 2. The summed E-state index contributed by atoms with van der Waals surface area (Å²) in [7, 11) is 0. The van der Waals surface area contributed by atoms with Crippen LogP contribution in [0.5, 0.6) is 0 Å². The molecule has 0 aliphatic heterocycles. The molecule has 0 unspecified atom stereocenters. The van der Waals surface area contributed by atoms with Crippen LogP contribution in [0.3, 0.4) is 0 Å². The summed E-state index contributed by atoms with van der Waals surface area (Å²) < 4.78 is 4.89. The van der Waals surface area contributed by atoms with E-state index in [-0.39, 0.29) is 10.9 Å². The SMILES string of the molecule is O=C(Nc1ccc2oc(=O)[nH]c2c1)c1ccc(Cl)cc1Cl. The van der Waals surface area contributed by atoms with E-state index >= 15 is 0 Å². The molecule has 3 rings (SSSR count). The van der Waals surface area contributed by atoms with E-state index in [9.17, 15) is 9.59 Å². The topological polar surface area (TPSA) is 75.1 Å². The summed E-state index contributed by atoms with van der Waals surface area (Å²) in [5.41, 5.74) is 1.74. The van der Waals surface area contributed by atoms with Crippen molar-refractivity contribution in [2.24, 2.45) is 0 Å². The fourth-order valence-corrected chi connectivity index (χ4v) is 2.40. The highest BCUT2D eigenvalue weighted by atomic mass is 35.5. The Labute approximate surface area is 128 Å². The van der Waals surface area contributed by atoms with E-state index in [0.29, 0.717) is 27.4 Å². The van der Waals surface area contributed by atoms with E-state index in [1.54, 1.807) is 24.3 Å². The molecule has 0 fully saturated rings. The summed E-state index contributed by atoms with van der Waals surface area (Å²) in [5, 5.41) is 3.40. The molecule has 21 heavy (non-hydrogen) atoms. The molecule has 106 valence electrons. The minimum atomic E-state index is -0.547. The number of nitrogens with one attached hydrogen (secondary N) is 2. The zero-order valence-corrected chi connectivity index (χ0v) is 12.0. The molecule has 1 aromatic heterocycles. The second-order valence-corrected chi connectivity index (χ2v) is 5.15. The predicted octanol–water partition coefficient (Wildman–Crippen LogP) is 3.68. The van der Waals surface area contributed by atoms with Crippen molar-refractivity contribution in [3.63, 3.8) is 0 Å². The van der Waals surface area contributed by atoms with Gasteiger partial charge in [-0.1, -0.05) is 23.2 Å². The molecule has 1 amide bonds. The first-order valence-corrected chi connectivity index (χ1v) is 6.68. The fraction of sp³-hybridized carbons (Fsp3) is 0. The fourth-order valence-electron chi connectivity index (χ4n) is 1.90. The quantitative estimate of drug-likeness (QED) is 0.755. The Morgan fingerprint density at radius 2 is 1.95 bits per heavy atom. The molecule has 0 atom stereocenters. The Hall–Kier alpha value is -2.24. The van der Waals surface area contributed by atoms with Crippen LogP contribution in [-0.4, -0.2) is 10.9 Å². The van der Waals surface area contributed by atoms with Crippen LogP contribution >= 0.6 is 23.2 Å². The highest BCUT2D eigenvalue weighted by molar-refractivity contribution is 6.37. The first-order valence-electron chi connectivity index (χ1n) is 5.92. The van der Waals surface area contributed by atoms with E-state index in [1.807, 2.05) is 0 Å². The number of fused-ring (bicyclic) bond motifs is 1. The van der Waals surface area contributed by atoms with Crippen LogP contribution < -0.4 is 11.1 Å². The van der Waals surface area contributed by atoms with Crippen LogP contribution in [0.15, 0.2) is 45.6 Å². The summed E-state index contributed by atoms with van der Waals surface area (Å²) >= 11 is 11.8. The molecule has 2 N–H and O–H groups in total. The Kier molecular flexibility index (Phi) is 3.45. The lowest BCUT2D eigenvalue weighted by Crippen LogP contribution is -2.12. The molecule has 3 aromatic rings. The van der Waals surface area contributed by atoms with Gasteiger partial charge < -0.3 is 9.73 Å². The smallest absolute Gasteiger partial charge is 0.408 e. The van der Waals surface area contributed by atoms with Crippen molar-refractivity contribution >= 4 is 45.9 Å². The minimum Gasteiger partial charge on any atom is -0.408 e. The molecule has 0 radical (unpaired) electrons. The lowest BCUT2D eigenvalue weighted by atomic mass is 10.2. The van der Waals surface area contributed by atoms with Gasteiger partial charge in [0.15, 0.2) is 5.58 Å². The molecule has 7 heteroatoms. The number of hydrogen-bond donors (Lipinski definition) is 2. The summed E-state index contributed by atoms with van der Waals surface area (Å²) in [4.78, 5) is 25.7. The monoisotopic (exact) mass is 322 g/mol. The summed E-state index contributed by atoms with van der Waals surface area (Å²) in [6, 6.07) is 9.43. The van der Waals surface area contributed by atoms with E-state index in [2.05, 4.69) is 10.3 Å². The number of carbonyl (C=O) groups excluding carboxylic acids is 1. The Morgan fingerprint density at radius 1 is 1.14 bits per heavy atom. The van der Waals surface area contributed by atoms with Crippen molar-refractivity contribution in [3.8, 4) is 0 Å². The second-order valence-electron chi connectivity index (χ2n) is 4.30. The van der Waals surface area contributed by atoms with Crippen LogP contribution in [0.25, 0.3) is 11.1 Å². The molecule has 0 saturated heterocycles. The van der Waals surface area contributed by atoms with Crippen LogP contribution in [0.4, 0.5) is 5.69 Å². The third kappa shape index (κ3) is 2.79. The molecular formula is C14H8Cl2N2O3. The van der Waals surface area contributed by atoms with Gasteiger partial charge in [-0.05, 0) is 36.4 Å². The van der Waals surface area contributed by atoms with Crippen LogP contribution in [-0.2, 0) is 0 Å². The number of oxazole rings is 1. The summed E-state index contributed by atoms with van der Waals surface area (Å²) in [6.07, 6.45) is 0. The molecule has 0 spiro atoms. The van der Waals surface area contributed by atoms with Crippen molar-refractivity contribution in [2.75, 3.05) is 5.32 Å². The third-order valence-corrected chi connectivity index (χ3v) is 3.40. The van der Waals surface area contributed by atoms with Gasteiger partial charge in [0, 0.05) is 10.7 Å². The largest absolute Gasteiger partial charge is 0.417 e. The first kappa shape index (κ1) is 13.7. The van der Waals surface area contributed by atoms with Crippen molar-refractivity contribution < 1.29 is 9.21 Å². The van der Waals surface area contributed by atoms with Gasteiger partial charge in [-0.3, -0.25) is 9.78 Å². The van der Waals surface area contributed by atoms with Crippen molar-refractivity contribution in [3.05, 3.63) is 62.6 Å². The molecular weight excluding hydrogens is 315 g/mol. The second kappa shape index (κ2) is 5.27. The molecule has 1 heterocycles. The summed E-state index contributed by atoms with van der Waals surface area (Å²) in [5.74, 6) is -0.920. The number of carbonyl (C=O) groups is 1. The van der Waals surface area contributed by atoms with Gasteiger partial charge in [0.25, 0.3) is 5.91 Å². The van der Waals surface area contributed by atoms with E-state index in [1.165, 1.54) is 12.1 Å². The molecule has 0 bridgehead atoms. The maximum absolute atomic E-state index is 12.2. The average molecular weight is 323 g/mol. The zero-order valence-electron chi connectivity index (χ0n) is 10.4. The number of aromatic amines is 1. The van der Waals surface area contributed by atoms with Crippen molar-refractivity contribution in [1.82, 2.24) is 4.98 Å².